The number of ether oxygens (including phenoxy) is 1. The Kier molecular flexibility index (Phi) is 4.86. The number of hydrogen-bond acceptors (Lipinski definition) is 3. The van der Waals surface area contributed by atoms with Gasteiger partial charge >= 0.3 is 6.09 Å². The fourth-order valence-electron chi connectivity index (χ4n) is 3.85. The molecule has 0 atom stereocenters. The zero-order chi connectivity index (χ0) is 19.0. The third-order valence-electron chi connectivity index (χ3n) is 5.34. The van der Waals surface area contributed by atoms with Crippen LogP contribution in [0.15, 0.2) is 46.9 Å². The molecule has 4 rings (SSSR count). The van der Waals surface area contributed by atoms with Crippen LogP contribution in [-0.2, 0) is 21.6 Å². The molecule has 27 heavy (non-hydrogen) atoms. The Morgan fingerprint density at radius 2 is 1.89 bits per heavy atom. The lowest BCUT2D eigenvalue weighted by atomic mass is 9.73. The molecule has 0 bridgehead atoms. The SMILES string of the molecule is O=C(OCc1ccccc1)N1CCC2(CC1)C(=O)Nc1c(Br)ccc(Cl)c12. The van der Waals surface area contributed by atoms with Crippen molar-refractivity contribution in [3.8, 4) is 0 Å². The third-order valence-corrected chi connectivity index (χ3v) is 6.31. The van der Waals surface area contributed by atoms with Gasteiger partial charge in [-0.1, -0.05) is 41.9 Å². The minimum Gasteiger partial charge on any atom is -0.445 e. The first kappa shape index (κ1) is 18.3. The van der Waals surface area contributed by atoms with Gasteiger partial charge in [0, 0.05) is 28.1 Å². The Balaban J connectivity index is 1.46. The van der Waals surface area contributed by atoms with E-state index in [2.05, 4.69) is 21.2 Å². The summed E-state index contributed by atoms with van der Waals surface area (Å²) in [4.78, 5) is 26.8. The zero-order valence-corrected chi connectivity index (χ0v) is 16.8. The van der Waals surface area contributed by atoms with Crippen molar-refractivity contribution < 1.29 is 14.3 Å². The van der Waals surface area contributed by atoms with Crippen molar-refractivity contribution in [1.29, 1.82) is 0 Å². The lowest BCUT2D eigenvalue weighted by Gasteiger charge is -2.37. The van der Waals surface area contributed by atoms with E-state index in [-0.39, 0.29) is 18.6 Å². The van der Waals surface area contributed by atoms with E-state index >= 15 is 0 Å². The summed E-state index contributed by atoms with van der Waals surface area (Å²) < 4.78 is 6.23. The summed E-state index contributed by atoms with van der Waals surface area (Å²) in [5.41, 5.74) is 1.83. The second kappa shape index (κ2) is 7.17. The Hall–Kier alpha value is -2.05. The highest BCUT2D eigenvalue weighted by molar-refractivity contribution is 9.10. The van der Waals surface area contributed by atoms with Crippen molar-refractivity contribution in [3.05, 3.63) is 63.1 Å². The van der Waals surface area contributed by atoms with Crippen molar-refractivity contribution in [2.24, 2.45) is 0 Å². The highest BCUT2D eigenvalue weighted by Gasteiger charge is 2.51. The molecule has 0 unspecified atom stereocenters. The van der Waals surface area contributed by atoms with Gasteiger partial charge in [-0.3, -0.25) is 4.79 Å². The first-order chi connectivity index (χ1) is 13.0. The van der Waals surface area contributed by atoms with Gasteiger partial charge in [0.2, 0.25) is 5.91 Å². The Labute approximate surface area is 170 Å². The number of nitrogens with zero attached hydrogens (tertiary/aromatic N) is 1. The number of hydrogen-bond donors (Lipinski definition) is 1. The molecule has 0 radical (unpaired) electrons. The molecule has 2 aliphatic heterocycles. The molecular formula is C20H18BrClN2O3. The van der Waals surface area contributed by atoms with Crippen LogP contribution in [0.5, 0.6) is 0 Å². The van der Waals surface area contributed by atoms with E-state index in [1.807, 2.05) is 36.4 Å². The van der Waals surface area contributed by atoms with E-state index in [9.17, 15) is 9.59 Å². The van der Waals surface area contributed by atoms with Gasteiger partial charge in [0.15, 0.2) is 0 Å². The number of carbonyl (C=O) groups excluding carboxylic acids is 2. The summed E-state index contributed by atoms with van der Waals surface area (Å²) in [7, 11) is 0. The lowest BCUT2D eigenvalue weighted by molar-refractivity contribution is -0.122. The van der Waals surface area contributed by atoms with Crippen LogP contribution in [0.3, 0.4) is 0 Å². The number of anilines is 1. The van der Waals surface area contributed by atoms with Crippen LogP contribution < -0.4 is 5.32 Å². The van der Waals surface area contributed by atoms with Crippen LogP contribution >= 0.6 is 27.5 Å². The Morgan fingerprint density at radius 3 is 2.59 bits per heavy atom. The number of rotatable bonds is 2. The molecular weight excluding hydrogens is 432 g/mol. The van der Waals surface area contributed by atoms with Gasteiger partial charge in [-0.05, 0) is 46.5 Å². The van der Waals surface area contributed by atoms with Crippen LogP contribution in [-0.4, -0.2) is 30.0 Å². The van der Waals surface area contributed by atoms with E-state index < -0.39 is 5.41 Å². The quantitative estimate of drug-likeness (QED) is 0.721. The second-order valence-corrected chi connectivity index (χ2v) is 8.10. The molecule has 0 saturated carbocycles. The standard InChI is InChI=1S/C20H18BrClN2O3/c21-14-6-7-15(22)16-17(14)23-18(25)20(16)8-10-24(11-9-20)19(26)27-12-13-4-2-1-3-5-13/h1-7H,8-12H2,(H,23,25). The van der Waals surface area contributed by atoms with Crippen molar-refractivity contribution in [2.45, 2.75) is 24.9 Å². The number of fused-ring (bicyclic) bond motifs is 2. The maximum Gasteiger partial charge on any atom is 0.410 e. The first-order valence-corrected chi connectivity index (χ1v) is 9.94. The van der Waals surface area contributed by atoms with Gasteiger partial charge in [0.25, 0.3) is 0 Å². The largest absolute Gasteiger partial charge is 0.445 e. The highest BCUT2D eigenvalue weighted by atomic mass is 79.9. The number of halogens is 2. The summed E-state index contributed by atoms with van der Waals surface area (Å²) in [6.07, 6.45) is 0.679. The van der Waals surface area contributed by atoms with Crippen molar-refractivity contribution in [1.82, 2.24) is 4.90 Å². The minimum atomic E-state index is -0.688. The smallest absolute Gasteiger partial charge is 0.410 e. The van der Waals surface area contributed by atoms with Crippen molar-refractivity contribution >= 4 is 45.2 Å². The minimum absolute atomic E-state index is 0.0522. The van der Waals surface area contributed by atoms with Gasteiger partial charge in [-0.25, -0.2) is 4.79 Å². The number of nitrogens with one attached hydrogen (secondary N) is 1. The normalized spacial score (nSPS) is 17.6. The predicted octanol–water partition coefficient (Wildman–Crippen LogP) is 4.73. The molecule has 7 heteroatoms. The van der Waals surface area contributed by atoms with Crippen molar-refractivity contribution in [2.75, 3.05) is 18.4 Å². The topological polar surface area (TPSA) is 58.6 Å². The van der Waals surface area contributed by atoms with E-state index in [4.69, 9.17) is 16.3 Å². The molecule has 2 aromatic rings. The molecule has 1 saturated heterocycles. The molecule has 2 amide bonds. The van der Waals surface area contributed by atoms with Gasteiger partial charge in [-0.2, -0.15) is 0 Å². The molecule has 2 heterocycles. The maximum absolute atomic E-state index is 12.8. The molecule has 140 valence electrons. The predicted molar refractivity (Wildman–Crippen MR) is 107 cm³/mol. The van der Waals surface area contributed by atoms with Gasteiger partial charge in [-0.15, -0.1) is 0 Å². The fourth-order valence-corrected chi connectivity index (χ4v) is 4.62. The number of piperidine rings is 1. The summed E-state index contributed by atoms with van der Waals surface area (Å²) in [6.45, 7) is 1.13. The van der Waals surface area contributed by atoms with E-state index in [0.717, 1.165) is 21.3 Å². The summed E-state index contributed by atoms with van der Waals surface area (Å²) >= 11 is 9.91. The number of amides is 2. The first-order valence-electron chi connectivity index (χ1n) is 8.77. The van der Waals surface area contributed by atoms with Gasteiger partial charge in [0.1, 0.15) is 6.61 Å². The van der Waals surface area contributed by atoms with Crippen LogP contribution in [0.25, 0.3) is 0 Å². The summed E-state index contributed by atoms with van der Waals surface area (Å²) in [5, 5.41) is 3.53. The number of carbonyl (C=O) groups is 2. The Bertz CT molecular complexity index is 896. The maximum atomic E-state index is 12.8. The average molecular weight is 450 g/mol. The lowest BCUT2D eigenvalue weighted by Crippen LogP contribution is -2.48. The molecule has 5 nitrogen and oxygen atoms in total. The second-order valence-electron chi connectivity index (χ2n) is 6.84. The molecule has 0 aliphatic carbocycles. The monoisotopic (exact) mass is 448 g/mol. The highest BCUT2D eigenvalue weighted by Crippen LogP contribution is 2.50. The van der Waals surface area contributed by atoms with E-state index in [1.54, 1.807) is 11.0 Å². The van der Waals surface area contributed by atoms with E-state index in [1.165, 1.54) is 0 Å². The van der Waals surface area contributed by atoms with Crippen LogP contribution in [0.2, 0.25) is 5.02 Å². The molecule has 1 spiro atoms. The Morgan fingerprint density at radius 1 is 1.19 bits per heavy atom. The summed E-state index contributed by atoms with van der Waals surface area (Å²) in [6, 6.07) is 13.2. The fraction of sp³-hybridized carbons (Fsp3) is 0.300. The average Bonchev–Trinajstić information content (AvgIpc) is 2.97. The van der Waals surface area contributed by atoms with Gasteiger partial charge < -0.3 is 15.0 Å². The molecule has 1 fully saturated rings. The molecule has 0 aromatic heterocycles. The van der Waals surface area contributed by atoms with Crippen LogP contribution in [0, 0.1) is 0 Å². The summed E-state index contributed by atoms with van der Waals surface area (Å²) in [5.74, 6) is -0.0522. The molecule has 1 N–H and O–H groups in total. The van der Waals surface area contributed by atoms with Crippen LogP contribution in [0.4, 0.5) is 10.5 Å². The molecule has 2 aromatic carbocycles. The zero-order valence-electron chi connectivity index (χ0n) is 14.5. The van der Waals surface area contributed by atoms with Crippen LogP contribution in [0.1, 0.15) is 24.0 Å². The molecule has 2 aliphatic rings. The van der Waals surface area contributed by atoms with Gasteiger partial charge in [0.05, 0.1) is 11.1 Å². The van der Waals surface area contributed by atoms with E-state index in [0.29, 0.717) is 31.0 Å². The van der Waals surface area contributed by atoms with Crippen molar-refractivity contribution in [3.63, 3.8) is 0 Å². The number of likely N-dealkylation sites (tertiary alicyclic amines) is 1. The third kappa shape index (κ3) is 3.21. The number of benzene rings is 2.